The average Bonchev–Trinajstić information content (AvgIpc) is 3.49. The molecule has 4 aromatic rings. The number of rotatable bonds is 5. The van der Waals surface area contributed by atoms with Crippen LogP contribution < -0.4 is 10.2 Å². The fraction of sp³-hybridized carbons (Fsp3) is 0.261. The van der Waals surface area contributed by atoms with Gasteiger partial charge in [-0.3, -0.25) is 9.69 Å². The van der Waals surface area contributed by atoms with Crippen molar-refractivity contribution < 1.29 is 26.8 Å². The van der Waals surface area contributed by atoms with E-state index in [0.29, 0.717) is 49.5 Å². The molecule has 8 nitrogen and oxygen atoms in total. The van der Waals surface area contributed by atoms with Crippen LogP contribution in [0.1, 0.15) is 21.9 Å². The molecule has 34 heavy (non-hydrogen) atoms. The first-order valence-electron chi connectivity index (χ1n) is 10.6. The smallest absolute Gasteiger partial charge is 0.416 e. The Morgan fingerprint density at radius 1 is 1.09 bits per heavy atom. The summed E-state index contributed by atoms with van der Waals surface area (Å²) < 4.78 is 50.7. The van der Waals surface area contributed by atoms with Gasteiger partial charge in [0.25, 0.3) is 5.89 Å². The third-order valence-corrected chi connectivity index (χ3v) is 5.64. The van der Waals surface area contributed by atoms with E-state index < -0.39 is 17.6 Å². The molecule has 11 heteroatoms. The van der Waals surface area contributed by atoms with Crippen LogP contribution in [0.3, 0.4) is 0 Å². The van der Waals surface area contributed by atoms with Gasteiger partial charge in [-0.15, -0.1) is 0 Å². The highest BCUT2D eigenvalue weighted by atomic mass is 19.4. The van der Waals surface area contributed by atoms with Crippen molar-refractivity contribution in [1.29, 1.82) is 0 Å². The number of alkyl halides is 3. The van der Waals surface area contributed by atoms with Crippen LogP contribution in [0.25, 0.3) is 11.1 Å². The second kappa shape index (κ2) is 8.82. The van der Waals surface area contributed by atoms with E-state index in [4.69, 9.17) is 8.83 Å². The number of anilines is 2. The first kappa shape index (κ1) is 22.0. The summed E-state index contributed by atoms with van der Waals surface area (Å²) >= 11 is 0. The Kier molecular flexibility index (Phi) is 5.70. The average molecular weight is 471 g/mol. The lowest BCUT2D eigenvalue weighted by Gasteiger charge is -2.36. The van der Waals surface area contributed by atoms with E-state index in [1.165, 1.54) is 12.5 Å². The zero-order valence-corrected chi connectivity index (χ0v) is 17.9. The van der Waals surface area contributed by atoms with Crippen LogP contribution in [-0.2, 0) is 12.7 Å². The van der Waals surface area contributed by atoms with Gasteiger partial charge in [0.15, 0.2) is 12.0 Å². The summed E-state index contributed by atoms with van der Waals surface area (Å²) in [5.41, 5.74) is 1.41. The maximum atomic E-state index is 13.4. The van der Waals surface area contributed by atoms with Gasteiger partial charge in [-0.1, -0.05) is 12.1 Å². The number of benzene rings is 2. The summed E-state index contributed by atoms with van der Waals surface area (Å²) in [6.45, 7) is 3.10. The first-order valence-corrected chi connectivity index (χ1v) is 10.6. The molecule has 1 N–H and O–H groups in total. The second-order valence-electron chi connectivity index (χ2n) is 7.91. The number of fused-ring (bicyclic) bond motifs is 1. The third kappa shape index (κ3) is 4.60. The van der Waals surface area contributed by atoms with Crippen LogP contribution in [0.5, 0.6) is 0 Å². The molecule has 176 valence electrons. The minimum atomic E-state index is -4.55. The van der Waals surface area contributed by atoms with Gasteiger partial charge >= 0.3 is 12.1 Å². The van der Waals surface area contributed by atoms with Gasteiger partial charge in [-0.25, -0.2) is 9.97 Å². The molecule has 1 saturated heterocycles. The molecule has 0 radical (unpaired) electrons. The summed E-state index contributed by atoms with van der Waals surface area (Å²) in [5, 5.41) is 2.57. The Bertz CT molecular complexity index is 1260. The van der Waals surface area contributed by atoms with Gasteiger partial charge in [-0.05, 0) is 30.3 Å². The minimum Gasteiger partial charge on any atom is -0.451 e. The van der Waals surface area contributed by atoms with Gasteiger partial charge in [0.2, 0.25) is 0 Å². The van der Waals surface area contributed by atoms with Crippen LogP contribution >= 0.6 is 0 Å². The first-order chi connectivity index (χ1) is 16.4. The molecule has 1 amide bonds. The largest absolute Gasteiger partial charge is 0.451 e. The number of oxazole rings is 2. The summed E-state index contributed by atoms with van der Waals surface area (Å²) in [4.78, 5) is 25.2. The molecule has 0 bridgehead atoms. The van der Waals surface area contributed by atoms with Crippen LogP contribution in [0.4, 0.5) is 24.5 Å². The number of carbonyl (C=O) groups is 1. The molecule has 2 aromatic carbocycles. The number of nitrogens with zero attached hydrogens (tertiary/aromatic N) is 4. The monoisotopic (exact) mass is 471 g/mol. The van der Waals surface area contributed by atoms with Gasteiger partial charge in [-0.2, -0.15) is 13.2 Å². The number of amides is 1. The maximum absolute atomic E-state index is 13.4. The van der Waals surface area contributed by atoms with Crippen LogP contribution in [0, 0.1) is 0 Å². The molecule has 0 atom stereocenters. The summed E-state index contributed by atoms with van der Waals surface area (Å²) in [6.07, 6.45) is -1.59. The van der Waals surface area contributed by atoms with Gasteiger partial charge in [0.05, 0.1) is 22.6 Å². The van der Waals surface area contributed by atoms with Crippen LogP contribution in [0.2, 0.25) is 0 Å². The molecular weight excluding hydrogens is 451 g/mol. The highest BCUT2D eigenvalue weighted by molar-refractivity contribution is 6.04. The number of para-hydroxylation sites is 2. The zero-order valence-electron chi connectivity index (χ0n) is 17.9. The lowest BCUT2D eigenvalue weighted by Crippen LogP contribution is -2.46. The van der Waals surface area contributed by atoms with Crippen molar-refractivity contribution in [3.63, 3.8) is 0 Å². The summed E-state index contributed by atoms with van der Waals surface area (Å²) in [7, 11) is 0. The number of aromatic nitrogens is 2. The van der Waals surface area contributed by atoms with Crippen molar-refractivity contribution in [2.75, 3.05) is 36.4 Å². The fourth-order valence-corrected chi connectivity index (χ4v) is 3.92. The van der Waals surface area contributed by atoms with Crippen molar-refractivity contribution in [2.24, 2.45) is 0 Å². The van der Waals surface area contributed by atoms with Gasteiger partial charge < -0.3 is 19.1 Å². The molecule has 0 unspecified atom stereocenters. The van der Waals surface area contributed by atoms with Crippen molar-refractivity contribution >= 4 is 28.4 Å². The number of halogens is 3. The lowest BCUT2D eigenvalue weighted by molar-refractivity contribution is -0.137. The van der Waals surface area contributed by atoms with Crippen LogP contribution in [0.15, 0.2) is 64.0 Å². The normalized spacial score (nSPS) is 15.1. The van der Waals surface area contributed by atoms with Crippen molar-refractivity contribution in [3.05, 3.63) is 72.3 Å². The predicted molar refractivity (Wildman–Crippen MR) is 117 cm³/mol. The highest BCUT2D eigenvalue weighted by Crippen LogP contribution is 2.36. The molecule has 0 saturated carbocycles. The van der Waals surface area contributed by atoms with E-state index in [2.05, 4.69) is 20.2 Å². The molecule has 2 aromatic heterocycles. The third-order valence-electron chi connectivity index (χ3n) is 5.64. The molecular formula is C23H20F3N5O3. The number of nitrogens with one attached hydrogen (secondary N) is 1. The Hall–Kier alpha value is -3.86. The Morgan fingerprint density at radius 2 is 1.88 bits per heavy atom. The molecule has 0 spiro atoms. The SMILES string of the molecule is O=C(Nc1cc(C(F)(F)F)ccc1N1CCN(Cc2cocn2)CC1)c1nc2ccccc2o1. The second-order valence-corrected chi connectivity index (χ2v) is 7.91. The highest BCUT2D eigenvalue weighted by Gasteiger charge is 2.32. The van der Waals surface area contributed by atoms with E-state index in [-0.39, 0.29) is 11.6 Å². The number of hydrogen-bond acceptors (Lipinski definition) is 7. The molecule has 1 fully saturated rings. The summed E-state index contributed by atoms with van der Waals surface area (Å²) in [6, 6.07) is 10.2. The topological polar surface area (TPSA) is 87.6 Å². The Labute approximate surface area is 192 Å². The van der Waals surface area contributed by atoms with E-state index >= 15 is 0 Å². The van der Waals surface area contributed by atoms with Crippen molar-refractivity contribution in [1.82, 2.24) is 14.9 Å². The number of carbonyl (C=O) groups excluding carboxylic acids is 1. The Balaban J connectivity index is 1.37. The predicted octanol–water partition coefficient (Wildman–Crippen LogP) is 4.41. The number of piperazine rings is 1. The van der Waals surface area contributed by atoms with E-state index in [1.54, 1.807) is 30.5 Å². The zero-order chi connectivity index (χ0) is 23.7. The summed E-state index contributed by atoms with van der Waals surface area (Å²) in [5.74, 6) is -0.941. The standard InChI is InChI=1S/C23H20F3N5O3/c24-23(25,26)15-5-6-19(31-9-7-30(8-10-31)12-16-13-33-14-27-16)18(11-15)28-21(32)22-29-17-3-1-2-4-20(17)34-22/h1-6,11,13-14H,7-10,12H2,(H,28,32). The van der Waals surface area contributed by atoms with Crippen molar-refractivity contribution in [2.45, 2.75) is 12.7 Å². The van der Waals surface area contributed by atoms with Crippen LogP contribution in [-0.4, -0.2) is 47.0 Å². The Morgan fingerprint density at radius 3 is 2.59 bits per heavy atom. The molecule has 1 aliphatic rings. The number of hydrogen-bond donors (Lipinski definition) is 1. The quantitative estimate of drug-likeness (QED) is 0.461. The molecule has 3 heterocycles. The fourth-order valence-electron chi connectivity index (χ4n) is 3.92. The minimum absolute atomic E-state index is 0.0482. The molecule has 1 aliphatic heterocycles. The molecule has 0 aliphatic carbocycles. The lowest BCUT2D eigenvalue weighted by atomic mass is 10.1. The van der Waals surface area contributed by atoms with E-state index in [9.17, 15) is 18.0 Å². The maximum Gasteiger partial charge on any atom is 0.416 e. The van der Waals surface area contributed by atoms with E-state index in [1.807, 2.05) is 4.90 Å². The van der Waals surface area contributed by atoms with E-state index in [0.717, 1.165) is 17.8 Å². The molecule has 5 rings (SSSR count). The van der Waals surface area contributed by atoms with Crippen molar-refractivity contribution in [3.8, 4) is 0 Å². The van der Waals surface area contributed by atoms with Gasteiger partial charge in [0.1, 0.15) is 11.8 Å². The van der Waals surface area contributed by atoms with Gasteiger partial charge in [0, 0.05) is 32.7 Å².